The second-order valence-corrected chi connectivity index (χ2v) is 6.81. The number of benzene rings is 2. The minimum Gasteiger partial charge on any atom is -0.457 e. The van der Waals surface area contributed by atoms with Gasteiger partial charge in [0.15, 0.2) is 0 Å². The Labute approximate surface area is 165 Å². The topological polar surface area (TPSA) is 54.5 Å². The molecule has 142 valence electrons. The van der Waals surface area contributed by atoms with Gasteiger partial charge in [-0.05, 0) is 54.8 Å². The number of anilines is 1. The van der Waals surface area contributed by atoms with Crippen LogP contribution in [0.5, 0.6) is 11.5 Å². The normalized spacial score (nSPS) is 13.4. The highest BCUT2D eigenvalue weighted by Crippen LogP contribution is 2.25. The summed E-state index contributed by atoms with van der Waals surface area (Å²) in [5, 5.41) is 2.99. The molecule has 1 aliphatic heterocycles. The van der Waals surface area contributed by atoms with E-state index in [0.29, 0.717) is 23.6 Å². The van der Waals surface area contributed by atoms with Crippen LogP contribution in [0.4, 0.5) is 5.82 Å². The van der Waals surface area contributed by atoms with Crippen LogP contribution in [-0.4, -0.2) is 24.0 Å². The van der Waals surface area contributed by atoms with Gasteiger partial charge in [0.2, 0.25) is 0 Å². The molecule has 1 aliphatic rings. The number of nitrogens with one attached hydrogen (secondary N) is 1. The van der Waals surface area contributed by atoms with Crippen molar-refractivity contribution in [1.29, 1.82) is 0 Å². The van der Waals surface area contributed by atoms with Gasteiger partial charge in [-0.15, -0.1) is 0 Å². The lowest BCUT2D eigenvalue weighted by molar-refractivity contribution is 0.0948. The lowest BCUT2D eigenvalue weighted by atomic mass is 10.1. The molecule has 0 spiro atoms. The highest BCUT2D eigenvalue weighted by atomic mass is 16.5. The number of hydrogen-bond donors (Lipinski definition) is 1. The number of rotatable bonds is 6. The number of hydrogen-bond acceptors (Lipinski definition) is 4. The number of nitrogens with zero attached hydrogens (tertiary/aromatic N) is 2. The van der Waals surface area contributed by atoms with Crippen LogP contribution in [0.2, 0.25) is 0 Å². The van der Waals surface area contributed by atoms with Gasteiger partial charge in [-0.2, -0.15) is 0 Å². The lowest BCUT2D eigenvalue weighted by Gasteiger charge is -2.17. The predicted octanol–water partition coefficient (Wildman–Crippen LogP) is 4.40. The van der Waals surface area contributed by atoms with E-state index >= 15 is 0 Å². The standard InChI is InChI=1S/C23H23N3O2/c27-23(20-10-4-5-11-21(20)28-19-8-2-1-3-9-19)25-17-18-12-13-24-22(16-18)26-14-6-7-15-26/h1-5,8-13,16H,6-7,14-15,17H2,(H,25,27). The highest BCUT2D eigenvalue weighted by molar-refractivity contribution is 5.97. The first-order valence-electron chi connectivity index (χ1n) is 9.59. The van der Waals surface area contributed by atoms with Crippen LogP contribution in [0.1, 0.15) is 28.8 Å². The average molecular weight is 373 g/mol. The van der Waals surface area contributed by atoms with Crippen molar-refractivity contribution in [3.05, 3.63) is 84.1 Å². The van der Waals surface area contributed by atoms with Gasteiger partial charge in [0.25, 0.3) is 5.91 Å². The molecule has 5 heteroatoms. The SMILES string of the molecule is O=C(NCc1ccnc(N2CCCC2)c1)c1ccccc1Oc1ccccc1. The molecular formula is C23H23N3O2. The van der Waals surface area contributed by atoms with Crippen molar-refractivity contribution in [2.75, 3.05) is 18.0 Å². The molecule has 1 fully saturated rings. The van der Waals surface area contributed by atoms with Crippen molar-refractivity contribution in [2.45, 2.75) is 19.4 Å². The number of pyridine rings is 1. The number of carbonyl (C=O) groups is 1. The summed E-state index contributed by atoms with van der Waals surface area (Å²) in [6, 6.07) is 20.7. The van der Waals surface area contributed by atoms with Gasteiger partial charge in [0.05, 0.1) is 5.56 Å². The van der Waals surface area contributed by atoms with E-state index in [9.17, 15) is 4.79 Å². The van der Waals surface area contributed by atoms with Crippen LogP contribution in [0.3, 0.4) is 0 Å². The van der Waals surface area contributed by atoms with E-state index in [1.165, 1.54) is 12.8 Å². The Kier molecular flexibility index (Phi) is 5.52. The minimum atomic E-state index is -0.161. The van der Waals surface area contributed by atoms with E-state index in [4.69, 9.17) is 4.74 Å². The second-order valence-electron chi connectivity index (χ2n) is 6.81. The molecule has 1 aromatic heterocycles. The lowest BCUT2D eigenvalue weighted by Crippen LogP contribution is -2.24. The fourth-order valence-electron chi connectivity index (χ4n) is 3.33. The van der Waals surface area contributed by atoms with Crippen LogP contribution in [0.25, 0.3) is 0 Å². The van der Waals surface area contributed by atoms with Crippen molar-refractivity contribution in [2.24, 2.45) is 0 Å². The van der Waals surface area contributed by atoms with Gasteiger partial charge < -0.3 is 15.0 Å². The van der Waals surface area contributed by atoms with Gasteiger partial charge in [-0.25, -0.2) is 4.98 Å². The van der Waals surface area contributed by atoms with Gasteiger partial charge in [-0.3, -0.25) is 4.79 Å². The summed E-state index contributed by atoms with van der Waals surface area (Å²) in [6.45, 7) is 2.54. The zero-order valence-corrected chi connectivity index (χ0v) is 15.7. The summed E-state index contributed by atoms with van der Waals surface area (Å²) in [4.78, 5) is 19.5. The molecule has 5 nitrogen and oxygen atoms in total. The second kappa shape index (κ2) is 8.57. The molecule has 0 aliphatic carbocycles. The highest BCUT2D eigenvalue weighted by Gasteiger charge is 2.15. The van der Waals surface area contributed by atoms with Crippen LogP contribution < -0.4 is 15.0 Å². The van der Waals surface area contributed by atoms with Gasteiger partial charge in [0.1, 0.15) is 17.3 Å². The van der Waals surface area contributed by atoms with Crippen LogP contribution >= 0.6 is 0 Å². The largest absolute Gasteiger partial charge is 0.457 e. The molecule has 2 heterocycles. The van der Waals surface area contributed by atoms with Gasteiger partial charge in [0, 0.05) is 25.8 Å². The molecule has 3 aromatic rings. The van der Waals surface area contributed by atoms with Crippen molar-refractivity contribution < 1.29 is 9.53 Å². The maximum absolute atomic E-state index is 12.8. The quantitative estimate of drug-likeness (QED) is 0.696. The number of amides is 1. The van der Waals surface area contributed by atoms with E-state index in [0.717, 1.165) is 24.5 Å². The molecule has 28 heavy (non-hydrogen) atoms. The molecular weight excluding hydrogens is 350 g/mol. The molecule has 1 N–H and O–H groups in total. The molecule has 0 atom stereocenters. The van der Waals surface area contributed by atoms with Gasteiger partial charge >= 0.3 is 0 Å². The maximum Gasteiger partial charge on any atom is 0.255 e. The first-order chi connectivity index (χ1) is 13.8. The summed E-state index contributed by atoms with van der Waals surface area (Å²) >= 11 is 0. The summed E-state index contributed by atoms with van der Waals surface area (Å²) < 4.78 is 5.89. The fourth-order valence-corrected chi connectivity index (χ4v) is 3.33. The number of aromatic nitrogens is 1. The Morgan fingerprint density at radius 1 is 1.00 bits per heavy atom. The predicted molar refractivity (Wildman–Crippen MR) is 110 cm³/mol. The summed E-state index contributed by atoms with van der Waals surface area (Å²) in [6.07, 6.45) is 4.23. The van der Waals surface area contributed by atoms with Crippen molar-refractivity contribution >= 4 is 11.7 Å². The molecule has 1 amide bonds. The van der Waals surface area contributed by atoms with Crippen LogP contribution in [-0.2, 0) is 6.54 Å². The van der Waals surface area contributed by atoms with E-state index in [2.05, 4.69) is 21.3 Å². The van der Waals surface area contributed by atoms with E-state index in [1.807, 2.05) is 54.7 Å². The molecule has 0 bridgehead atoms. The Bertz CT molecular complexity index is 937. The summed E-state index contributed by atoms with van der Waals surface area (Å²) in [7, 11) is 0. The third kappa shape index (κ3) is 4.31. The maximum atomic E-state index is 12.8. The third-order valence-corrected chi connectivity index (χ3v) is 4.80. The molecule has 1 saturated heterocycles. The molecule has 4 rings (SSSR count). The van der Waals surface area contributed by atoms with E-state index < -0.39 is 0 Å². The first kappa shape index (κ1) is 18.0. The summed E-state index contributed by atoms with van der Waals surface area (Å²) in [5.74, 6) is 2.06. The Morgan fingerprint density at radius 3 is 2.57 bits per heavy atom. The van der Waals surface area contributed by atoms with E-state index in [-0.39, 0.29) is 5.91 Å². The van der Waals surface area contributed by atoms with E-state index in [1.54, 1.807) is 12.1 Å². The fraction of sp³-hybridized carbons (Fsp3) is 0.217. The first-order valence-corrected chi connectivity index (χ1v) is 9.59. The minimum absolute atomic E-state index is 0.161. The Morgan fingerprint density at radius 2 is 1.75 bits per heavy atom. The Balaban J connectivity index is 1.44. The monoisotopic (exact) mass is 373 g/mol. The van der Waals surface area contributed by atoms with Crippen molar-refractivity contribution in [3.63, 3.8) is 0 Å². The molecule has 0 radical (unpaired) electrons. The third-order valence-electron chi connectivity index (χ3n) is 4.80. The Hall–Kier alpha value is -3.34. The average Bonchev–Trinajstić information content (AvgIpc) is 3.28. The number of para-hydroxylation sites is 2. The number of carbonyl (C=O) groups excluding carboxylic acids is 1. The zero-order chi connectivity index (χ0) is 19.2. The van der Waals surface area contributed by atoms with Crippen LogP contribution in [0.15, 0.2) is 72.9 Å². The number of ether oxygens (including phenoxy) is 1. The summed E-state index contributed by atoms with van der Waals surface area (Å²) in [5.41, 5.74) is 1.55. The van der Waals surface area contributed by atoms with Crippen molar-refractivity contribution in [1.82, 2.24) is 10.3 Å². The van der Waals surface area contributed by atoms with Gasteiger partial charge in [-0.1, -0.05) is 30.3 Å². The van der Waals surface area contributed by atoms with Crippen molar-refractivity contribution in [3.8, 4) is 11.5 Å². The molecule has 0 saturated carbocycles. The molecule has 0 unspecified atom stereocenters. The van der Waals surface area contributed by atoms with Crippen LogP contribution in [0, 0.1) is 0 Å². The zero-order valence-electron chi connectivity index (χ0n) is 15.7. The molecule has 2 aromatic carbocycles. The smallest absolute Gasteiger partial charge is 0.255 e.